The van der Waals surface area contributed by atoms with Gasteiger partial charge in [0.2, 0.25) is 0 Å². The molecule has 1 saturated carbocycles. The molecule has 1 saturated heterocycles. The highest BCUT2D eigenvalue weighted by Gasteiger charge is 2.33. The van der Waals surface area contributed by atoms with Gasteiger partial charge in [0, 0.05) is 31.7 Å². The lowest BCUT2D eigenvalue weighted by Crippen LogP contribution is -2.35. The second kappa shape index (κ2) is 5.28. The summed E-state index contributed by atoms with van der Waals surface area (Å²) in [7, 11) is 0. The zero-order valence-electron chi connectivity index (χ0n) is 10.0. The molecule has 3 heteroatoms. The van der Waals surface area contributed by atoms with Crippen molar-refractivity contribution in [2.24, 2.45) is 0 Å². The fourth-order valence-corrected chi connectivity index (χ4v) is 2.28. The highest BCUT2D eigenvalue weighted by Crippen LogP contribution is 2.29. The van der Waals surface area contributed by atoms with Crippen LogP contribution < -0.4 is 5.32 Å². The topological polar surface area (TPSA) is 24.5 Å². The molecule has 1 aliphatic carbocycles. The predicted octanol–water partition coefficient (Wildman–Crippen LogP) is 1.24. The molecule has 0 spiro atoms. The molecule has 2 rings (SSSR count). The molecule has 15 heavy (non-hydrogen) atoms. The molecule has 0 aromatic heterocycles. The van der Waals surface area contributed by atoms with Gasteiger partial charge in [-0.2, -0.15) is 0 Å². The minimum Gasteiger partial charge on any atom is -0.377 e. The van der Waals surface area contributed by atoms with Gasteiger partial charge in [-0.05, 0) is 33.1 Å². The monoisotopic (exact) mass is 212 g/mol. The van der Waals surface area contributed by atoms with E-state index in [2.05, 4.69) is 24.1 Å². The number of likely N-dealkylation sites (tertiary alicyclic amines) is 1. The second-order valence-electron chi connectivity index (χ2n) is 5.09. The van der Waals surface area contributed by atoms with Gasteiger partial charge in [-0.1, -0.05) is 0 Å². The summed E-state index contributed by atoms with van der Waals surface area (Å²) in [5.74, 6) is 0. The maximum atomic E-state index is 5.51. The normalized spacial score (nSPS) is 27.8. The van der Waals surface area contributed by atoms with E-state index in [0.717, 1.165) is 19.2 Å². The van der Waals surface area contributed by atoms with Crippen LogP contribution in [0.2, 0.25) is 0 Å². The molecule has 1 aliphatic heterocycles. The Morgan fingerprint density at radius 2 is 2.13 bits per heavy atom. The van der Waals surface area contributed by atoms with Gasteiger partial charge in [0.15, 0.2) is 0 Å². The van der Waals surface area contributed by atoms with E-state index in [1.807, 2.05) is 0 Å². The van der Waals surface area contributed by atoms with Crippen molar-refractivity contribution in [2.45, 2.75) is 51.3 Å². The third-order valence-corrected chi connectivity index (χ3v) is 3.27. The predicted molar refractivity (Wildman–Crippen MR) is 62.1 cm³/mol. The van der Waals surface area contributed by atoms with Crippen LogP contribution >= 0.6 is 0 Å². The molecule has 0 amide bonds. The Kier molecular flexibility index (Phi) is 4.00. The highest BCUT2D eigenvalue weighted by molar-refractivity contribution is 4.91. The summed E-state index contributed by atoms with van der Waals surface area (Å²) in [6.45, 7) is 8.58. The van der Waals surface area contributed by atoms with Gasteiger partial charge < -0.3 is 10.1 Å². The van der Waals surface area contributed by atoms with Crippen LogP contribution in [-0.2, 0) is 4.74 Å². The lowest BCUT2D eigenvalue weighted by Gasteiger charge is -2.16. The summed E-state index contributed by atoms with van der Waals surface area (Å²) in [6.07, 6.45) is 4.54. The largest absolute Gasteiger partial charge is 0.377 e. The third-order valence-electron chi connectivity index (χ3n) is 3.27. The Balaban J connectivity index is 1.52. The number of nitrogens with one attached hydrogen (secondary N) is 1. The Bertz CT molecular complexity index is 192. The summed E-state index contributed by atoms with van der Waals surface area (Å²) >= 11 is 0. The van der Waals surface area contributed by atoms with E-state index < -0.39 is 0 Å². The summed E-state index contributed by atoms with van der Waals surface area (Å²) in [6, 6.07) is 1.64. The Labute approximate surface area is 93.2 Å². The molecule has 88 valence electrons. The summed E-state index contributed by atoms with van der Waals surface area (Å²) in [5.41, 5.74) is 0. The summed E-state index contributed by atoms with van der Waals surface area (Å²) < 4.78 is 5.51. The van der Waals surface area contributed by atoms with Gasteiger partial charge in [0.05, 0.1) is 12.7 Å². The van der Waals surface area contributed by atoms with Crippen LogP contribution in [0.25, 0.3) is 0 Å². The molecule has 0 aromatic carbocycles. The molecule has 0 bridgehead atoms. The number of rotatable bonds is 6. The van der Waals surface area contributed by atoms with E-state index in [0.29, 0.717) is 12.1 Å². The van der Waals surface area contributed by atoms with Crippen LogP contribution in [0.15, 0.2) is 0 Å². The van der Waals surface area contributed by atoms with Crippen molar-refractivity contribution < 1.29 is 4.74 Å². The lowest BCUT2D eigenvalue weighted by atomic mass is 10.3. The van der Waals surface area contributed by atoms with Gasteiger partial charge >= 0.3 is 0 Å². The Morgan fingerprint density at radius 1 is 1.33 bits per heavy atom. The summed E-state index contributed by atoms with van der Waals surface area (Å²) in [5, 5.41) is 3.58. The molecule has 1 N–H and O–H groups in total. The van der Waals surface area contributed by atoms with Crippen LogP contribution in [0.4, 0.5) is 0 Å². The molecule has 1 heterocycles. The zero-order valence-corrected chi connectivity index (χ0v) is 10.0. The van der Waals surface area contributed by atoms with Crippen LogP contribution in [0.1, 0.15) is 33.1 Å². The molecule has 2 aliphatic rings. The first-order valence-electron chi connectivity index (χ1n) is 6.34. The van der Waals surface area contributed by atoms with Gasteiger partial charge in [-0.25, -0.2) is 0 Å². The van der Waals surface area contributed by atoms with E-state index in [4.69, 9.17) is 4.74 Å². The number of nitrogens with zero attached hydrogens (tertiary/aromatic N) is 1. The van der Waals surface area contributed by atoms with Crippen LogP contribution in [-0.4, -0.2) is 49.3 Å². The molecule has 0 aromatic rings. The highest BCUT2D eigenvalue weighted by atomic mass is 16.5. The number of hydrogen-bond acceptors (Lipinski definition) is 3. The summed E-state index contributed by atoms with van der Waals surface area (Å²) in [4.78, 5) is 2.64. The fourth-order valence-electron chi connectivity index (χ4n) is 2.28. The van der Waals surface area contributed by atoms with Crippen LogP contribution in [0, 0.1) is 0 Å². The van der Waals surface area contributed by atoms with E-state index in [1.54, 1.807) is 0 Å². The lowest BCUT2D eigenvalue weighted by molar-refractivity contribution is 0.0794. The smallest absolute Gasteiger partial charge is 0.0594 e. The molecule has 1 atom stereocenters. The third kappa shape index (κ3) is 3.74. The maximum absolute atomic E-state index is 5.51. The Hall–Kier alpha value is -0.120. The second-order valence-corrected chi connectivity index (χ2v) is 5.09. The van der Waals surface area contributed by atoms with Crippen molar-refractivity contribution in [1.82, 2.24) is 10.2 Å². The van der Waals surface area contributed by atoms with Crippen molar-refractivity contribution in [1.29, 1.82) is 0 Å². The molecule has 1 unspecified atom stereocenters. The number of ether oxygens (including phenoxy) is 1. The van der Waals surface area contributed by atoms with Crippen molar-refractivity contribution >= 4 is 0 Å². The van der Waals surface area contributed by atoms with Crippen molar-refractivity contribution in [3.63, 3.8) is 0 Å². The molecule has 3 nitrogen and oxygen atoms in total. The SMILES string of the molecule is CC(C)OCCNC1CCN(C2CC2)C1. The molecule has 0 radical (unpaired) electrons. The first-order valence-corrected chi connectivity index (χ1v) is 6.34. The molecular weight excluding hydrogens is 188 g/mol. The average Bonchev–Trinajstić information content (AvgIpc) is 2.94. The minimum atomic E-state index is 0.360. The van der Waals surface area contributed by atoms with E-state index in [-0.39, 0.29) is 0 Å². The first kappa shape index (κ1) is 11.4. The van der Waals surface area contributed by atoms with E-state index >= 15 is 0 Å². The van der Waals surface area contributed by atoms with Crippen LogP contribution in [0.5, 0.6) is 0 Å². The van der Waals surface area contributed by atoms with Gasteiger partial charge in [0.1, 0.15) is 0 Å². The molecule has 2 fully saturated rings. The minimum absolute atomic E-state index is 0.360. The van der Waals surface area contributed by atoms with E-state index in [1.165, 1.54) is 32.4 Å². The average molecular weight is 212 g/mol. The fraction of sp³-hybridized carbons (Fsp3) is 1.00. The standard InChI is InChI=1S/C12H24N2O/c1-10(2)15-8-6-13-11-5-7-14(9-11)12-3-4-12/h10-13H,3-9H2,1-2H3. The van der Waals surface area contributed by atoms with E-state index in [9.17, 15) is 0 Å². The van der Waals surface area contributed by atoms with Crippen molar-refractivity contribution in [2.75, 3.05) is 26.2 Å². The quantitative estimate of drug-likeness (QED) is 0.670. The van der Waals surface area contributed by atoms with Gasteiger partial charge in [-0.15, -0.1) is 0 Å². The van der Waals surface area contributed by atoms with Gasteiger partial charge in [-0.3, -0.25) is 4.90 Å². The zero-order chi connectivity index (χ0) is 10.7. The van der Waals surface area contributed by atoms with Gasteiger partial charge in [0.25, 0.3) is 0 Å². The van der Waals surface area contributed by atoms with Crippen LogP contribution in [0.3, 0.4) is 0 Å². The van der Waals surface area contributed by atoms with Crippen molar-refractivity contribution in [3.05, 3.63) is 0 Å². The molecular formula is C12H24N2O. The number of hydrogen-bond donors (Lipinski definition) is 1. The maximum Gasteiger partial charge on any atom is 0.0594 e. The first-order chi connectivity index (χ1) is 7.25. The Morgan fingerprint density at radius 3 is 2.80 bits per heavy atom. The van der Waals surface area contributed by atoms with Crippen molar-refractivity contribution in [3.8, 4) is 0 Å².